The number of benzene rings is 4. The van der Waals surface area contributed by atoms with E-state index in [4.69, 9.17) is 0 Å². The maximum absolute atomic E-state index is 14.0. The van der Waals surface area contributed by atoms with Crippen LogP contribution in [0.3, 0.4) is 0 Å². The highest BCUT2D eigenvalue weighted by molar-refractivity contribution is 7.75. The van der Waals surface area contributed by atoms with Gasteiger partial charge in [0.2, 0.25) is 11.8 Å². The summed E-state index contributed by atoms with van der Waals surface area (Å²) in [5.74, 6) is -0.622. The molecular weight excluding hydrogens is 457 g/mol. The fourth-order valence-corrected chi connectivity index (χ4v) is 8.75. The van der Waals surface area contributed by atoms with Crippen molar-refractivity contribution in [3.63, 3.8) is 0 Å². The summed E-state index contributed by atoms with van der Waals surface area (Å²) < 4.78 is 3.92. The van der Waals surface area contributed by atoms with Gasteiger partial charge < -0.3 is 14.2 Å². The molecule has 0 aromatic heterocycles. The molecule has 0 aliphatic carbocycles. The van der Waals surface area contributed by atoms with Crippen LogP contribution < -0.4 is 14.2 Å². The first-order valence-electron chi connectivity index (χ1n) is 11.7. The molecule has 2 heterocycles. The van der Waals surface area contributed by atoms with Crippen molar-refractivity contribution in [2.45, 2.75) is 12.1 Å². The van der Waals surface area contributed by atoms with E-state index in [-0.39, 0.29) is 18.2 Å². The average molecular weight is 483 g/mol. The third-order valence-electron chi connectivity index (χ3n) is 6.89. The van der Waals surface area contributed by atoms with Crippen LogP contribution in [0, 0.1) is 0 Å². The Kier molecular flexibility index (Phi) is 5.28. The van der Waals surface area contributed by atoms with Gasteiger partial charge in [-0.2, -0.15) is 0 Å². The number of fused-ring (bicyclic) bond motifs is 1. The Morgan fingerprint density at radius 1 is 0.686 bits per heavy atom. The van der Waals surface area contributed by atoms with Gasteiger partial charge in [-0.05, 0) is 35.7 Å². The second kappa shape index (κ2) is 8.49. The van der Waals surface area contributed by atoms with Crippen molar-refractivity contribution in [2.24, 2.45) is 0 Å². The van der Waals surface area contributed by atoms with Crippen molar-refractivity contribution in [3.05, 3.63) is 103 Å². The zero-order valence-electron chi connectivity index (χ0n) is 19.1. The molecule has 4 aromatic carbocycles. The summed E-state index contributed by atoms with van der Waals surface area (Å²) in [5, 5.41) is 1.80. The molecule has 1 N–H and O–H groups in total. The van der Waals surface area contributed by atoms with Gasteiger partial charge in [-0.15, -0.1) is 0 Å². The number of para-hydroxylation sites is 2. The Balaban J connectivity index is 1.46. The number of hydrogen-bond donors (Lipinski definition) is 1. The van der Waals surface area contributed by atoms with Gasteiger partial charge in [0.1, 0.15) is 5.66 Å². The summed E-state index contributed by atoms with van der Waals surface area (Å²) in [6, 6.07) is 32.7. The quantitative estimate of drug-likeness (QED) is 0.318. The van der Waals surface area contributed by atoms with Gasteiger partial charge in [0, 0.05) is 36.3 Å². The predicted octanol–water partition coefficient (Wildman–Crippen LogP) is 5.25. The first-order valence-corrected chi connectivity index (χ1v) is 13.4. The lowest BCUT2D eigenvalue weighted by Gasteiger charge is -2.45. The van der Waals surface area contributed by atoms with Crippen molar-refractivity contribution in [3.8, 4) is 0 Å². The highest BCUT2D eigenvalue weighted by atomic mass is 31.2. The van der Waals surface area contributed by atoms with Gasteiger partial charge in [-0.25, -0.2) is 4.90 Å². The number of anilines is 3. The van der Waals surface area contributed by atoms with E-state index in [0.29, 0.717) is 18.8 Å². The van der Waals surface area contributed by atoms with E-state index in [1.54, 1.807) is 0 Å². The van der Waals surface area contributed by atoms with Crippen LogP contribution in [-0.4, -0.2) is 35.5 Å². The molecule has 1 unspecified atom stereocenters. The van der Waals surface area contributed by atoms with Crippen LogP contribution in [0.2, 0.25) is 0 Å². The third-order valence-corrected chi connectivity index (χ3v) is 10.4. The Morgan fingerprint density at radius 2 is 1.23 bits per heavy atom. The van der Waals surface area contributed by atoms with Crippen molar-refractivity contribution in [1.29, 1.82) is 0 Å². The fourth-order valence-electron chi connectivity index (χ4n) is 5.29. The third kappa shape index (κ3) is 3.41. The summed E-state index contributed by atoms with van der Waals surface area (Å²) in [6.07, 6.45) is -0.0288. The van der Waals surface area contributed by atoms with Crippen LogP contribution in [0.1, 0.15) is 6.42 Å². The highest BCUT2D eigenvalue weighted by Crippen LogP contribution is 2.71. The number of rotatable bonds is 4. The fraction of sp³-hybridized carbons (Fsp3) is 0.143. The maximum atomic E-state index is 14.0. The number of nitrogens with zero attached hydrogens (tertiary/aromatic N) is 3. The molecule has 35 heavy (non-hydrogen) atoms. The molecule has 0 bridgehead atoms. The monoisotopic (exact) mass is 482 g/mol. The van der Waals surface area contributed by atoms with Gasteiger partial charge in [0.25, 0.3) is 0 Å². The first-order chi connectivity index (χ1) is 17.1. The average Bonchev–Trinajstić information content (AvgIpc) is 3.41. The summed E-state index contributed by atoms with van der Waals surface area (Å²) in [5.41, 5.74) is 1.43. The number of carbonyl (C=O) groups excluding carboxylic acids is 2. The minimum absolute atomic E-state index is 0.0288. The second-order valence-corrected chi connectivity index (χ2v) is 11.6. The van der Waals surface area contributed by atoms with E-state index in [9.17, 15) is 14.5 Å². The van der Waals surface area contributed by atoms with E-state index in [1.165, 1.54) is 4.90 Å². The lowest BCUT2D eigenvalue weighted by Crippen LogP contribution is -2.39. The zero-order chi connectivity index (χ0) is 24.0. The van der Waals surface area contributed by atoms with Crippen LogP contribution >= 0.6 is 7.79 Å². The summed E-state index contributed by atoms with van der Waals surface area (Å²) >= 11 is 0. The minimum Gasteiger partial charge on any atom is -0.345 e. The molecule has 0 saturated carbocycles. The van der Waals surface area contributed by atoms with Crippen LogP contribution in [0.25, 0.3) is 10.8 Å². The number of imide groups is 1. The van der Waals surface area contributed by atoms with Crippen LogP contribution in [0.15, 0.2) is 103 Å². The van der Waals surface area contributed by atoms with Crippen molar-refractivity contribution in [1.82, 2.24) is 0 Å². The summed E-state index contributed by atoms with van der Waals surface area (Å²) in [4.78, 5) is 41.3. The van der Waals surface area contributed by atoms with E-state index in [2.05, 4.69) is 0 Å². The normalized spacial score (nSPS) is 19.7. The predicted molar refractivity (Wildman–Crippen MR) is 142 cm³/mol. The Hall–Kier alpha value is -3.73. The van der Waals surface area contributed by atoms with Gasteiger partial charge >= 0.3 is 0 Å². The molecule has 2 aliphatic heterocycles. The molecule has 4 aromatic rings. The molecule has 0 spiro atoms. The molecule has 7 heteroatoms. The van der Waals surface area contributed by atoms with E-state index in [0.717, 1.165) is 22.1 Å². The lowest BCUT2D eigenvalue weighted by molar-refractivity contribution is -0.121. The zero-order valence-corrected chi connectivity index (χ0v) is 20.0. The molecule has 1 atom stereocenters. The van der Waals surface area contributed by atoms with Crippen molar-refractivity contribution < 1.29 is 14.5 Å². The molecular formula is C28H25N3O3P. The number of amides is 2. The van der Waals surface area contributed by atoms with Crippen LogP contribution in [-0.2, 0) is 9.59 Å². The van der Waals surface area contributed by atoms with E-state index < -0.39 is 13.4 Å². The molecule has 2 amide bonds. The smallest absolute Gasteiger partial charge is 0.247 e. The molecule has 6 rings (SSSR count). The molecule has 175 valence electrons. The number of carbonyl (C=O) groups is 2. The SMILES string of the molecule is O=C1CC([P]2(O)N(c3ccccc3)CCN2c2ccccc2)C(=O)N1c1cccc2ccccc12. The Labute approximate surface area is 204 Å². The highest BCUT2D eigenvalue weighted by Gasteiger charge is 2.59. The van der Waals surface area contributed by atoms with Gasteiger partial charge in [-0.1, -0.05) is 72.8 Å². The molecule has 6 nitrogen and oxygen atoms in total. The maximum Gasteiger partial charge on any atom is 0.247 e. The van der Waals surface area contributed by atoms with Crippen molar-refractivity contribution in [2.75, 3.05) is 27.3 Å². The van der Waals surface area contributed by atoms with Gasteiger partial charge in [0.05, 0.1) is 5.69 Å². The Morgan fingerprint density at radius 3 is 1.86 bits per heavy atom. The van der Waals surface area contributed by atoms with Gasteiger partial charge in [-0.3, -0.25) is 9.59 Å². The second-order valence-electron chi connectivity index (χ2n) is 8.82. The van der Waals surface area contributed by atoms with E-state index >= 15 is 0 Å². The minimum atomic E-state index is -3.29. The summed E-state index contributed by atoms with van der Waals surface area (Å²) in [6.45, 7) is 1.13. The first kappa shape index (κ1) is 21.8. The van der Waals surface area contributed by atoms with E-state index in [1.807, 2.05) is 112 Å². The molecule has 2 aliphatic rings. The van der Waals surface area contributed by atoms with Crippen molar-refractivity contribution >= 4 is 47.4 Å². The largest absolute Gasteiger partial charge is 0.345 e. The molecule has 2 saturated heterocycles. The van der Waals surface area contributed by atoms with Crippen LogP contribution in [0.5, 0.6) is 0 Å². The molecule has 1 radical (unpaired) electrons. The van der Waals surface area contributed by atoms with Gasteiger partial charge in [0.15, 0.2) is 7.79 Å². The number of hydrogen-bond acceptors (Lipinski definition) is 5. The topological polar surface area (TPSA) is 64.1 Å². The van der Waals surface area contributed by atoms with Crippen LogP contribution in [0.4, 0.5) is 17.1 Å². The molecule has 2 fully saturated rings. The Bertz CT molecular complexity index is 1360. The lowest BCUT2D eigenvalue weighted by atomic mass is 10.1. The summed E-state index contributed by atoms with van der Waals surface area (Å²) in [7, 11) is -3.29. The standard InChI is InChI=1S/C28H25N3O3P/c32-27-20-26(28(33)31(27)25-17-9-11-21-10-7-8-16-24(21)25)35(34)29(22-12-3-1-4-13-22)18-19-30(35)23-14-5-2-6-15-23/h1-17,26,34H,18-20H2.